The lowest BCUT2D eigenvalue weighted by atomic mass is 9.85. The first-order valence-corrected chi connectivity index (χ1v) is 15.5. The van der Waals surface area contributed by atoms with Gasteiger partial charge in [-0.05, 0) is 53.5 Å². The fourth-order valence-electron chi connectivity index (χ4n) is 4.49. The molecule has 0 radical (unpaired) electrons. The van der Waals surface area contributed by atoms with Gasteiger partial charge in [0.1, 0.15) is 21.1 Å². The van der Waals surface area contributed by atoms with Crippen LogP contribution in [0.3, 0.4) is 0 Å². The van der Waals surface area contributed by atoms with Crippen LogP contribution in [-0.2, 0) is 32.0 Å². The Balaban J connectivity index is 0.000000385. The van der Waals surface area contributed by atoms with Crippen LogP contribution in [0, 0.1) is 13.8 Å². The lowest BCUT2D eigenvalue weighted by molar-refractivity contribution is -0.690. The number of benzene rings is 1. The summed E-state index contributed by atoms with van der Waals surface area (Å²) in [5, 5.41) is 0. The minimum Gasteiger partial charge on any atom is -0.201 e. The smallest absolute Gasteiger partial charge is 0.201 e. The van der Waals surface area contributed by atoms with Gasteiger partial charge < -0.3 is 0 Å². The molecule has 0 aliphatic rings. The molecule has 0 N–H and O–H groups in total. The predicted molar refractivity (Wildman–Crippen MR) is 178 cm³/mol. The highest BCUT2D eigenvalue weighted by Gasteiger charge is 2.26. The molecule has 0 unspecified atom stereocenters. The van der Waals surface area contributed by atoms with E-state index >= 15 is 0 Å². The van der Waals surface area contributed by atoms with Gasteiger partial charge in [-0.1, -0.05) is 59.2 Å². The molecule has 4 aromatic rings. The van der Waals surface area contributed by atoms with E-state index in [1.807, 2.05) is 6.07 Å². The van der Waals surface area contributed by atoms with Gasteiger partial charge in [0.15, 0.2) is 18.6 Å². The number of aromatic nitrogens is 3. The Kier molecular flexibility index (Phi) is 14.2. The topological polar surface area (TPSA) is 11.6 Å². The third-order valence-electron chi connectivity index (χ3n) is 7.01. The van der Waals surface area contributed by atoms with Gasteiger partial charge in [-0.3, -0.25) is 0 Å². The third-order valence-corrected chi connectivity index (χ3v) is 7.01. The van der Waals surface area contributed by atoms with E-state index in [0.717, 1.165) is 0 Å². The minimum absolute atomic E-state index is 0.156. The van der Waals surface area contributed by atoms with Crippen LogP contribution in [0.2, 0.25) is 0 Å². The zero-order valence-corrected chi connectivity index (χ0v) is 29.1. The molecule has 0 spiro atoms. The number of hydrogen-bond donors (Lipinski definition) is 0. The van der Waals surface area contributed by atoms with Crippen molar-refractivity contribution < 1.29 is 13.7 Å². The number of hydrogen-bond acceptors (Lipinski definition) is 0. The van der Waals surface area contributed by atoms with Crippen LogP contribution >= 0.6 is 23.2 Å². The van der Waals surface area contributed by atoms with Crippen molar-refractivity contribution in [1.82, 2.24) is 0 Å². The predicted octanol–water partition coefficient (Wildman–Crippen LogP) is 8.10. The van der Waals surface area contributed by atoms with Gasteiger partial charge in [0.25, 0.3) is 11.4 Å². The molecule has 222 valence electrons. The second-order valence-corrected chi connectivity index (χ2v) is 12.3. The molecule has 0 atom stereocenters. The number of alkyl halides is 2. The average Bonchev–Trinajstić information content (AvgIpc) is 2.91. The summed E-state index contributed by atoms with van der Waals surface area (Å²) in [4.78, 5) is 0. The van der Waals surface area contributed by atoms with E-state index in [9.17, 15) is 0 Å². The van der Waals surface area contributed by atoms with Crippen LogP contribution in [0.15, 0.2) is 79.3 Å². The van der Waals surface area contributed by atoms with Crippen molar-refractivity contribution in [3.63, 3.8) is 0 Å². The molecule has 3 nitrogen and oxygen atoms in total. The van der Waals surface area contributed by atoms with E-state index in [1.165, 1.54) is 57.7 Å². The van der Waals surface area contributed by atoms with Crippen LogP contribution in [0.25, 0.3) is 22.6 Å². The van der Waals surface area contributed by atoms with Gasteiger partial charge in [-0.15, -0.1) is 23.2 Å². The molecule has 3 aromatic heterocycles. The minimum atomic E-state index is 0.156. The van der Waals surface area contributed by atoms with E-state index in [4.69, 9.17) is 0 Å². The highest BCUT2D eigenvalue weighted by atomic mass is 35.5. The van der Waals surface area contributed by atoms with Crippen molar-refractivity contribution in [2.75, 3.05) is 12.8 Å². The van der Waals surface area contributed by atoms with Crippen molar-refractivity contribution in [2.24, 2.45) is 21.1 Å². The Morgan fingerprint density at radius 2 is 0.951 bits per heavy atom. The second kappa shape index (κ2) is 16.0. The summed E-state index contributed by atoms with van der Waals surface area (Å²) in [6.45, 7) is 17.9. The van der Waals surface area contributed by atoms with E-state index < -0.39 is 0 Å². The molecule has 4 rings (SSSR count). The molecule has 0 saturated carbocycles. The van der Waals surface area contributed by atoms with Crippen LogP contribution < -0.4 is 13.7 Å². The maximum Gasteiger partial charge on any atom is 0.277 e. The zero-order valence-electron chi connectivity index (χ0n) is 27.6. The molecule has 0 saturated heterocycles. The highest BCUT2D eigenvalue weighted by molar-refractivity contribution is 6.15. The Labute approximate surface area is 260 Å². The Bertz CT molecular complexity index is 1340. The van der Waals surface area contributed by atoms with Gasteiger partial charge in [-0.25, -0.2) is 4.57 Å². The molecule has 0 bridgehead atoms. The first kappa shape index (κ1) is 36.3. The van der Waals surface area contributed by atoms with Crippen LogP contribution in [0.5, 0.6) is 0 Å². The van der Waals surface area contributed by atoms with Crippen LogP contribution in [0.4, 0.5) is 0 Å². The largest absolute Gasteiger partial charge is 0.277 e. The fourth-order valence-corrected chi connectivity index (χ4v) is 4.49. The lowest BCUT2D eigenvalue weighted by Crippen LogP contribution is -2.39. The van der Waals surface area contributed by atoms with Crippen molar-refractivity contribution in [3.05, 3.63) is 102 Å². The van der Waals surface area contributed by atoms with Crippen LogP contribution in [0.1, 0.15) is 63.8 Å². The summed E-state index contributed by atoms with van der Waals surface area (Å²) >= 11 is 9.28. The number of aryl methyl sites for hydroxylation is 5. The zero-order chi connectivity index (χ0) is 31.5. The van der Waals surface area contributed by atoms with Crippen molar-refractivity contribution in [3.8, 4) is 22.6 Å². The quantitative estimate of drug-likeness (QED) is 0.164. The summed E-state index contributed by atoms with van der Waals surface area (Å²) in [5.41, 5.74) is 10.8. The first-order chi connectivity index (χ1) is 19.2. The number of pyridine rings is 3. The van der Waals surface area contributed by atoms with Gasteiger partial charge in [0, 0.05) is 54.7 Å². The maximum atomic E-state index is 4.64. The molecule has 5 heteroatoms. The average molecular weight is 598 g/mol. The summed E-state index contributed by atoms with van der Waals surface area (Å²) < 4.78 is 6.56. The van der Waals surface area contributed by atoms with Gasteiger partial charge in [-0.2, -0.15) is 9.13 Å². The standard InChI is InChI=1S/C20H30N2.C14H16N.2CH3Cl/c1-19(2,3)15-9-11-21(7)17(13-15)18-14-16(20(4,5)6)10-12-22(18)8;1-11-7-8-13(12(2)10-11)14-6-4-5-9-15(14)3;2*1-2/h9-14H,1-8H3;4-10H,1-3H3;2*1H3/q+2;+1;;. The normalized spacial score (nSPS) is 10.8. The molecule has 41 heavy (non-hydrogen) atoms. The summed E-state index contributed by atoms with van der Waals surface area (Å²) in [7, 11) is 6.31. The monoisotopic (exact) mass is 596 g/mol. The SMILES string of the molecule is CCl.CCl.C[n+]1ccc(C(C)(C)C)cc1-c1cc(C(C)(C)C)cc[n+]1C.Cc1ccc(-c2cccc[n+]2C)c(C)c1. The lowest BCUT2D eigenvalue weighted by Gasteiger charge is -2.19. The molecule has 3 heterocycles. The van der Waals surface area contributed by atoms with Gasteiger partial charge >= 0.3 is 0 Å². The third kappa shape index (κ3) is 10.2. The summed E-state index contributed by atoms with van der Waals surface area (Å²) in [6, 6.07) is 21.9. The molecule has 0 amide bonds. The highest BCUT2D eigenvalue weighted by Crippen LogP contribution is 2.27. The number of halogens is 2. The molecule has 0 fully saturated rings. The number of nitrogens with zero attached hydrogens (tertiary/aromatic N) is 3. The summed E-state index contributed by atoms with van der Waals surface area (Å²) in [6.07, 6.45) is 9.36. The molecular weight excluding hydrogens is 545 g/mol. The fraction of sp³-hybridized carbons (Fsp3) is 0.417. The van der Waals surface area contributed by atoms with Crippen LogP contribution in [-0.4, -0.2) is 12.8 Å². The molecule has 0 aliphatic heterocycles. The Hall–Kier alpha value is -2.75. The van der Waals surface area contributed by atoms with Crippen molar-refractivity contribution in [1.29, 1.82) is 0 Å². The van der Waals surface area contributed by atoms with E-state index in [0.29, 0.717) is 0 Å². The molecule has 1 aromatic carbocycles. The van der Waals surface area contributed by atoms with Crippen molar-refractivity contribution in [2.45, 2.75) is 66.2 Å². The molecule has 0 aliphatic carbocycles. The van der Waals surface area contributed by atoms with E-state index in [2.05, 4.69) is 187 Å². The Morgan fingerprint density at radius 3 is 1.34 bits per heavy atom. The number of rotatable bonds is 2. The molecular formula is C36H52Cl2N3+3. The van der Waals surface area contributed by atoms with E-state index in [-0.39, 0.29) is 10.8 Å². The van der Waals surface area contributed by atoms with E-state index in [1.54, 1.807) is 0 Å². The second-order valence-electron chi connectivity index (χ2n) is 12.3. The Morgan fingerprint density at radius 1 is 0.512 bits per heavy atom. The van der Waals surface area contributed by atoms with Crippen molar-refractivity contribution >= 4 is 23.2 Å². The summed E-state index contributed by atoms with van der Waals surface area (Å²) in [5.74, 6) is 0. The van der Waals surface area contributed by atoms with Gasteiger partial charge in [0.05, 0.1) is 0 Å². The maximum absolute atomic E-state index is 4.64. The van der Waals surface area contributed by atoms with Gasteiger partial charge in [0.2, 0.25) is 5.69 Å². The first-order valence-electron chi connectivity index (χ1n) is 14.0.